The zero-order valence-corrected chi connectivity index (χ0v) is 12.9. The first-order chi connectivity index (χ1) is 8.92. The van der Waals surface area contributed by atoms with E-state index in [0.717, 1.165) is 32.5 Å². The Bertz CT molecular complexity index is 309. The van der Waals surface area contributed by atoms with Crippen molar-refractivity contribution >= 4 is 0 Å². The van der Waals surface area contributed by atoms with Crippen LogP contribution in [-0.4, -0.2) is 55.5 Å². The molecule has 4 heteroatoms. The van der Waals surface area contributed by atoms with Crippen LogP contribution in [0.15, 0.2) is 0 Å². The summed E-state index contributed by atoms with van der Waals surface area (Å²) in [5.41, 5.74) is 6.20. The molecule has 0 saturated carbocycles. The number of rotatable bonds is 3. The van der Waals surface area contributed by atoms with Crippen molar-refractivity contribution in [3.05, 3.63) is 0 Å². The van der Waals surface area contributed by atoms with Crippen LogP contribution >= 0.6 is 0 Å². The van der Waals surface area contributed by atoms with Gasteiger partial charge in [-0.3, -0.25) is 4.90 Å². The van der Waals surface area contributed by atoms with Crippen molar-refractivity contribution in [2.45, 2.75) is 57.3 Å². The maximum Gasteiger partial charge on any atom is 0.0724 e. The highest BCUT2D eigenvalue weighted by Crippen LogP contribution is 2.38. The maximum atomic E-state index is 6.17. The lowest BCUT2D eigenvalue weighted by Crippen LogP contribution is -2.64. The highest BCUT2D eigenvalue weighted by atomic mass is 16.5. The lowest BCUT2D eigenvalue weighted by atomic mass is 9.78. The third kappa shape index (κ3) is 3.13. The molecule has 0 amide bonds. The molecule has 0 spiro atoms. The first-order valence-corrected chi connectivity index (χ1v) is 7.54. The number of ether oxygens (including phenoxy) is 2. The SMILES string of the molecule is COC1CN(C2(CN)CCOC(C)(C)C2)CCC1C. The van der Waals surface area contributed by atoms with Crippen LogP contribution < -0.4 is 5.73 Å². The second kappa shape index (κ2) is 5.68. The van der Waals surface area contributed by atoms with E-state index in [1.54, 1.807) is 0 Å². The fraction of sp³-hybridized carbons (Fsp3) is 1.00. The molecular formula is C15H30N2O2. The van der Waals surface area contributed by atoms with Gasteiger partial charge >= 0.3 is 0 Å². The standard InChI is InChI=1S/C15H30N2O2/c1-12-5-7-17(9-13(12)18-4)15(11-16)6-8-19-14(2,3)10-15/h12-13H,5-11,16H2,1-4H3. The molecular weight excluding hydrogens is 240 g/mol. The van der Waals surface area contributed by atoms with Gasteiger partial charge in [0.2, 0.25) is 0 Å². The molecule has 0 aromatic carbocycles. The molecule has 2 saturated heterocycles. The Morgan fingerprint density at radius 3 is 2.74 bits per heavy atom. The van der Waals surface area contributed by atoms with Gasteiger partial charge in [-0.2, -0.15) is 0 Å². The van der Waals surface area contributed by atoms with Gasteiger partial charge in [0.25, 0.3) is 0 Å². The molecule has 0 aliphatic carbocycles. The molecule has 2 N–H and O–H groups in total. The molecule has 3 atom stereocenters. The van der Waals surface area contributed by atoms with Crippen molar-refractivity contribution in [3.8, 4) is 0 Å². The number of methoxy groups -OCH3 is 1. The van der Waals surface area contributed by atoms with Crippen LogP contribution in [0.4, 0.5) is 0 Å². The van der Waals surface area contributed by atoms with Crippen molar-refractivity contribution in [1.29, 1.82) is 0 Å². The lowest BCUT2D eigenvalue weighted by molar-refractivity contribution is -0.136. The highest BCUT2D eigenvalue weighted by molar-refractivity contribution is 5.01. The Labute approximate surface area is 117 Å². The van der Waals surface area contributed by atoms with Crippen LogP contribution in [0.5, 0.6) is 0 Å². The van der Waals surface area contributed by atoms with Crippen LogP contribution in [-0.2, 0) is 9.47 Å². The summed E-state index contributed by atoms with van der Waals surface area (Å²) in [4.78, 5) is 2.57. The average molecular weight is 270 g/mol. The molecule has 2 rings (SSSR count). The Kier molecular flexibility index (Phi) is 4.56. The van der Waals surface area contributed by atoms with Crippen LogP contribution in [0.2, 0.25) is 0 Å². The lowest BCUT2D eigenvalue weighted by Gasteiger charge is -2.53. The third-order valence-corrected chi connectivity index (χ3v) is 5.06. The molecule has 112 valence electrons. The zero-order chi connectivity index (χ0) is 14.1. The summed E-state index contributed by atoms with van der Waals surface area (Å²) in [5.74, 6) is 0.643. The minimum Gasteiger partial charge on any atom is -0.380 e. The van der Waals surface area contributed by atoms with Gasteiger partial charge < -0.3 is 15.2 Å². The number of hydrogen-bond acceptors (Lipinski definition) is 4. The second-order valence-corrected chi connectivity index (χ2v) is 6.95. The monoisotopic (exact) mass is 270 g/mol. The second-order valence-electron chi connectivity index (χ2n) is 6.95. The molecule has 2 heterocycles. The van der Waals surface area contributed by atoms with E-state index in [-0.39, 0.29) is 11.1 Å². The first kappa shape index (κ1) is 15.2. The maximum absolute atomic E-state index is 6.17. The molecule has 0 aromatic rings. The normalized spacial score (nSPS) is 40.3. The quantitative estimate of drug-likeness (QED) is 0.847. The summed E-state index contributed by atoms with van der Waals surface area (Å²) in [6.07, 6.45) is 3.59. The molecule has 2 fully saturated rings. The van der Waals surface area contributed by atoms with Crippen molar-refractivity contribution in [1.82, 2.24) is 4.90 Å². The Morgan fingerprint density at radius 2 is 2.16 bits per heavy atom. The zero-order valence-electron chi connectivity index (χ0n) is 12.9. The van der Waals surface area contributed by atoms with Gasteiger partial charge in [0.05, 0.1) is 11.7 Å². The van der Waals surface area contributed by atoms with Gasteiger partial charge in [-0.05, 0) is 45.6 Å². The van der Waals surface area contributed by atoms with E-state index in [1.165, 1.54) is 6.42 Å². The van der Waals surface area contributed by atoms with Gasteiger partial charge in [-0.15, -0.1) is 0 Å². The van der Waals surface area contributed by atoms with Crippen LogP contribution in [0, 0.1) is 5.92 Å². The van der Waals surface area contributed by atoms with E-state index in [2.05, 4.69) is 25.7 Å². The fourth-order valence-corrected chi connectivity index (χ4v) is 3.79. The van der Waals surface area contributed by atoms with Gasteiger partial charge in [0.15, 0.2) is 0 Å². The molecule has 0 aromatic heterocycles. The smallest absolute Gasteiger partial charge is 0.0724 e. The van der Waals surface area contributed by atoms with E-state index in [4.69, 9.17) is 15.2 Å². The predicted octanol–water partition coefficient (Wildman–Crippen LogP) is 1.63. The summed E-state index contributed by atoms with van der Waals surface area (Å²) in [7, 11) is 1.83. The number of nitrogens with two attached hydrogens (primary N) is 1. The highest BCUT2D eigenvalue weighted by Gasteiger charge is 2.46. The van der Waals surface area contributed by atoms with Crippen molar-refractivity contribution in [2.75, 3.05) is 33.4 Å². The predicted molar refractivity (Wildman–Crippen MR) is 77.2 cm³/mol. The third-order valence-electron chi connectivity index (χ3n) is 5.06. The van der Waals surface area contributed by atoms with Crippen LogP contribution in [0.1, 0.15) is 40.0 Å². The van der Waals surface area contributed by atoms with Crippen LogP contribution in [0.3, 0.4) is 0 Å². The molecule has 2 aliphatic rings. The molecule has 3 unspecified atom stereocenters. The van der Waals surface area contributed by atoms with Crippen molar-refractivity contribution < 1.29 is 9.47 Å². The molecule has 0 radical (unpaired) electrons. The van der Waals surface area contributed by atoms with Gasteiger partial charge in [0.1, 0.15) is 0 Å². The Hall–Kier alpha value is -0.160. The number of nitrogens with zero attached hydrogens (tertiary/aromatic N) is 1. The van der Waals surface area contributed by atoms with E-state index in [9.17, 15) is 0 Å². The topological polar surface area (TPSA) is 47.7 Å². The van der Waals surface area contributed by atoms with Crippen LogP contribution in [0.25, 0.3) is 0 Å². The number of piperidine rings is 1. The summed E-state index contributed by atoms with van der Waals surface area (Å²) in [6, 6.07) is 0. The van der Waals surface area contributed by atoms with E-state index in [0.29, 0.717) is 18.6 Å². The summed E-state index contributed by atoms with van der Waals surface area (Å²) < 4.78 is 11.5. The minimum atomic E-state index is -0.0662. The van der Waals surface area contributed by atoms with E-state index in [1.807, 2.05) is 7.11 Å². The molecule has 19 heavy (non-hydrogen) atoms. The summed E-state index contributed by atoms with van der Waals surface area (Å²) >= 11 is 0. The van der Waals surface area contributed by atoms with Gasteiger partial charge in [-0.25, -0.2) is 0 Å². The Balaban J connectivity index is 2.12. The van der Waals surface area contributed by atoms with Crippen molar-refractivity contribution in [2.24, 2.45) is 11.7 Å². The van der Waals surface area contributed by atoms with Gasteiger partial charge in [0, 0.05) is 32.3 Å². The van der Waals surface area contributed by atoms with Crippen molar-refractivity contribution in [3.63, 3.8) is 0 Å². The number of likely N-dealkylation sites (tertiary alicyclic amines) is 1. The summed E-state index contributed by atoms with van der Waals surface area (Å²) in [5, 5.41) is 0. The summed E-state index contributed by atoms with van der Waals surface area (Å²) in [6.45, 7) is 10.3. The number of hydrogen-bond donors (Lipinski definition) is 1. The van der Waals surface area contributed by atoms with E-state index >= 15 is 0 Å². The van der Waals surface area contributed by atoms with Gasteiger partial charge in [-0.1, -0.05) is 6.92 Å². The fourth-order valence-electron chi connectivity index (χ4n) is 3.79. The first-order valence-electron chi connectivity index (χ1n) is 7.54. The Morgan fingerprint density at radius 1 is 1.42 bits per heavy atom. The molecule has 0 bridgehead atoms. The largest absolute Gasteiger partial charge is 0.380 e. The van der Waals surface area contributed by atoms with E-state index < -0.39 is 0 Å². The minimum absolute atomic E-state index is 0.0662. The molecule has 2 aliphatic heterocycles. The molecule has 4 nitrogen and oxygen atoms in total. The average Bonchev–Trinajstić information content (AvgIpc) is 2.38.